The number of nitrogens with one attached hydrogen (secondary N) is 2. The molecule has 3 aliphatic heterocycles. The number of hydrogen-bond donors (Lipinski definition) is 4. The van der Waals surface area contributed by atoms with Gasteiger partial charge < -0.3 is 30.6 Å². The summed E-state index contributed by atoms with van der Waals surface area (Å²) in [6.07, 6.45) is 0.0693. The fourth-order valence-corrected chi connectivity index (χ4v) is 4.84. The quantitative estimate of drug-likeness (QED) is 0.189. The van der Waals surface area contributed by atoms with Gasteiger partial charge in [-0.15, -0.1) is 0 Å². The normalized spacial score (nSPS) is 30.7. The molecule has 2 amide bonds. The van der Waals surface area contributed by atoms with Crippen LogP contribution in [0.2, 0.25) is 0 Å². The van der Waals surface area contributed by atoms with Gasteiger partial charge in [-0.25, -0.2) is 4.79 Å². The zero-order chi connectivity index (χ0) is 21.3. The monoisotopic (exact) mass is 423 g/mol. The third kappa shape index (κ3) is 4.34. The Morgan fingerprint density at radius 1 is 1.48 bits per heavy atom. The number of primary amides is 1. The van der Waals surface area contributed by atoms with Gasteiger partial charge in [0.05, 0.1) is 24.6 Å². The first-order valence-corrected chi connectivity index (χ1v) is 10.6. The minimum Gasteiger partial charge on any atom is -0.428 e. The van der Waals surface area contributed by atoms with Crippen LogP contribution in [0.3, 0.4) is 0 Å². The summed E-state index contributed by atoms with van der Waals surface area (Å²) in [5, 5.41) is 13.1. The fraction of sp³-hybridized carbons (Fsp3) is 0.706. The van der Waals surface area contributed by atoms with Gasteiger partial charge >= 0.3 is 5.97 Å². The molecule has 0 aromatic carbocycles. The number of carbonyl (C=O) groups excluding carboxylic acids is 3. The maximum absolute atomic E-state index is 12.7. The van der Waals surface area contributed by atoms with Crippen molar-refractivity contribution in [2.45, 2.75) is 38.5 Å². The second kappa shape index (κ2) is 9.10. The zero-order valence-corrected chi connectivity index (χ0v) is 17.6. The highest BCUT2D eigenvalue weighted by atomic mass is 31.1. The predicted molar refractivity (Wildman–Crippen MR) is 107 cm³/mol. The highest BCUT2D eigenvalue weighted by Gasteiger charge is 2.60. The summed E-state index contributed by atoms with van der Waals surface area (Å²) in [6.45, 7) is 5.69. The summed E-state index contributed by atoms with van der Waals surface area (Å²) < 4.78 is 5.16. The third-order valence-corrected chi connectivity index (χ3v) is 6.35. The van der Waals surface area contributed by atoms with E-state index in [2.05, 4.69) is 15.2 Å². The molecule has 2 fully saturated rings. The molecular weight excluding hydrogens is 396 g/mol. The topological polar surface area (TPSA) is 137 Å². The molecule has 3 rings (SSSR count). The van der Waals surface area contributed by atoms with Crippen LogP contribution in [-0.4, -0.2) is 85.0 Å². The Morgan fingerprint density at radius 2 is 2.21 bits per heavy atom. The van der Waals surface area contributed by atoms with Crippen LogP contribution in [0, 0.1) is 11.8 Å². The summed E-state index contributed by atoms with van der Waals surface area (Å²) in [6, 6.07) is -0.109. The smallest absolute Gasteiger partial charge is 0.358 e. The first-order chi connectivity index (χ1) is 13.8. The molecule has 10 nitrogen and oxygen atoms in total. The number of carbonyl (C=O) groups is 3. The Balaban J connectivity index is 1.76. The van der Waals surface area contributed by atoms with Gasteiger partial charge in [-0.05, 0) is 18.9 Å². The van der Waals surface area contributed by atoms with Crippen molar-refractivity contribution in [3.63, 3.8) is 0 Å². The molecule has 0 spiro atoms. The van der Waals surface area contributed by atoms with Crippen LogP contribution >= 0.6 is 8.96 Å². The highest BCUT2D eigenvalue weighted by molar-refractivity contribution is 7.32. The zero-order valence-electron chi connectivity index (χ0n) is 16.6. The molecule has 158 valence electrons. The van der Waals surface area contributed by atoms with Crippen molar-refractivity contribution in [3.05, 3.63) is 11.3 Å². The summed E-state index contributed by atoms with van der Waals surface area (Å²) in [5.41, 5.74) is 6.28. The SMILES string of the molecule is [B]NPOC(=O)C1=C(CN2CC[C@H](NCC(N)=O)C2)[C@H](C)[C@@H]2C([C@@H](C)O)C(=O)N12. The lowest BCUT2D eigenvalue weighted by atomic mass is 9.77. The van der Waals surface area contributed by atoms with Gasteiger partial charge in [0, 0.05) is 31.6 Å². The van der Waals surface area contributed by atoms with E-state index in [4.69, 9.17) is 18.2 Å². The number of nitrogens with zero attached hydrogens (tertiary/aromatic N) is 2. The van der Waals surface area contributed by atoms with Crippen LogP contribution in [-0.2, 0) is 18.9 Å². The largest absolute Gasteiger partial charge is 0.428 e. The number of rotatable bonds is 9. The van der Waals surface area contributed by atoms with Crippen molar-refractivity contribution < 1.29 is 24.0 Å². The summed E-state index contributed by atoms with van der Waals surface area (Å²) >= 11 is 0. The van der Waals surface area contributed by atoms with E-state index in [9.17, 15) is 19.5 Å². The Labute approximate surface area is 172 Å². The van der Waals surface area contributed by atoms with Crippen molar-refractivity contribution in [2.24, 2.45) is 17.6 Å². The molecule has 5 N–H and O–H groups in total. The van der Waals surface area contributed by atoms with Crippen molar-refractivity contribution in [1.29, 1.82) is 0 Å². The number of amides is 2. The Hall–Kier alpha value is -1.52. The third-order valence-electron chi connectivity index (χ3n) is 5.94. The molecule has 0 aromatic heterocycles. The Morgan fingerprint density at radius 3 is 2.83 bits per heavy atom. The number of fused-ring (bicyclic) bond motifs is 1. The summed E-state index contributed by atoms with van der Waals surface area (Å²) in [4.78, 5) is 42.2. The molecule has 6 atom stereocenters. The lowest BCUT2D eigenvalue weighted by Crippen LogP contribution is -2.63. The first kappa shape index (κ1) is 22.2. The number of β-lactam (4-membered cyclic amide) rings is 1. The van der Waals surface area contributed by atoms with Crippen LogP contribution in [0.4, 0.5) is 0 Å². The molecule has 2 radical (unpaired) electrons. The number of hydrogen-bond acceptors (Lipinski definition) is 8. The molecule has 0 aromatic rings. The first-order valence-electron chi connectivity index (χ1n) is 9.66. The van der Waals surface area contributed by atoms with E-state index in [1.165, 1.54) is 4.90 Å². The molecule has 0 aliphatic carbocycles. The van der Waals surface area contributed by atoms with Gasteiger partial charge in [-0.2, -0.15) is 0 Å². The molecular formula is C17H27BN5O5P. The maximum Gasteiger partial charge on any atom is 0.358 e. The van der Waals surface area contributed by atoms with E-state index >= 15 is 0 Å². The van der Waals surface area contributed by atoms with Crippen LogP contribution in [0.5, 0.6) is 0 Å². The van der Waals surface area contributed by atoms with Crippen molar-refractivity contribution in [1.82, 2.24) is 20.1 Å². The van der Waals surface area contributed by atoms with Gasteiger partial charge in [0.2, 0.25) is 11.8 Å². The molecule has 29 heavy (non-hydrogen) atoms. The molecule has 12 heteroatoms. The molecule has 3 heterocycles. The van der Waals surface area contributed by atoms with Crippen LogP contribution in [0.1, 0.15) is 20.3 Å². The number of likely N-dealkylation sites (tertiary alicyclic amines) is 1. The second-order valence-corrected chi connectivity index (χ2v) is 8.53. The average molecular weight is 423 g/mol. The molecule has 0 saturated carbocycles. The summed E-state index contributed by atoms with van der Waals surface area (Å²) in [5.74, 6) is -1.86. The Kier molecular flexibility index (Phi) is 6.96. The average Bonchev–Trinajstić information content (AvgIpc) is 3.20. The minimum atomic E-state index is -0.787. The van der Waals surface area contributed by atoms with E-state index in [-0.39, 0.29) is 36.2 Å². The van der Waals surface area contributed by atoms with E-state index in [1.54, 1.807) is 6.92 Å². The Bertz CT molecular complexity index is 720. The number of aliphatic hydroxyl groups is 1. The van der Waals surface area contributed by atoms with Gasteiger partial charge in [0.15, 0.2) is 7.98 Å². The van der Waals surface area contributed by atoms with Gasteiger partial charge in [0.1, 0.15) is 14.7 Å². The lowest BCUT2D eigenvalue weighted by Gasteiger charge is -2.46. The minimum absolute atomic E-state index is 0.0818. The summed E-state index contributed by atoms with van der Waals surface area (Å²) in [7, 11) is 4.79. The highest BCUT2D eigenvalue weighted by Crippen LogP contribution is 2.48. The van der Waals surface area contributed by atoms with Gasteiger partial charge in [-0.1, -0.05) is 6.92 Å². The van der Waals surface area contributed by atoms with E-state index in [0.717, 1.165) is 18.5 Å². The second-order valence-electron chi connectivity index (χ2n) is 7.83. The van der Waals surface area contributed by atoms with E-state index in [0.29, 0.717) is 13.1 Å². The van der Waals surface area contributed by atoms with Crippen LogP contribution in [0.25, 0.3) is 0 Å². The molecule has 0 bridgehead atoms. The van der Waals surface area contributed by atoms with Crippen molar-refractivity contribution in [2.75, 3.05) is 26.2 Å². The maximum atomic E-state index is 12.7. The van der Waals surface area contributed by atoms with E-state index < -0.39 is 32.9 Å². The molecule has 2 unspecified atom stereocenters. The lowest BCUT2D eigenvalue weighted by molar-refractivity contribution is -0.162. The van der Waals surface area contributed by atoms with Crippen molar-refractivity contribution >= 4 is 34.7 Å². The fourth-order valence-electron chi connectivity index (χ4n) is 4.60. The number of nitrogens with two attached hydrogens (primary N) is 1. The standard InChI is InChI=1S/C17H27BN5O5P/c1-8-11(7-22-4-3-10(6-22)20-5-12(19)25)15(17(27)28-29-21-18)23-14(8)13(9(2)24)16(23)26/h8-10,13-14,20-21,24,29H,3-7H2,1-2H3,(H2,19,25)/t8-,9+,10-,13?,14+/m0/s1. The van der Waals surface area contributed by atoms with Gasteiger partial charge in [0.25, 0.3) is 0 Å². The van der Waals surface area contributed by atoms with Crippen molar-refractivity contribution in [3.8, 4) is 0 Å². The van der Waals surface area contributed by atoms with E-state index in [1.807, 2.05) is 6.92 Å². The molecule has 2 saturated heterocycles. The number of aliphatic hydroxyl groups excluding tert-OH is 1. The van der Waals surface area contributed by atoms with Crippen LogP contribution in [0.15, 0.2) is 11.3 Å². The molecule has 3 aliphatic rings. The van der Waals surface area contributed by atoms with Crippen LogP contribution < -0.4 is 16.0 Å². The van der Waals surface area contributed by atoms with Gasteiger partial charge in [-0.3, -0.25) is 14.5 Å². The predicted octanol–water partition coefficient (Wildman–Crippen LogP) is -2.03.